The summed E-state index contributed by atoms with van der Waals surface area (Å²) in [6, 6.07) is 4.24. The van der Waals surface area contributed by atoms with Crippen LogP contribution < -0.4 is 5.32 Å². The van der Waals surface area contributed by atoms with Crippen molar-refractivity contribution in [2.24, 2.45) is 7.05 Å². The zero-order valence-electron chi connectivity index (χ0n) is 11.5. The first kappa shape index (κ1) is 14.4. The number of rotatable bonds is 4. The topological polar surface area (TPSA) is 101 Å². The second-order valence-electron chi connectivity index (χ2n) is 4.47. The van der Waals surface area contributed by atoms with Gasteiger partial charge in [0.25, 0.3) is 5.91 Å². The molecule has 2 aromatic rings. The van der Waals surface area contributed by atoms with E-state index in [1.807, 2.05) is 0 Å². The van der Waals surface area contributed by atoms with Crippen LogP contribution in [0.25, 0.3) is 0 Å². The molecule has 0 fully saturated rings. The van der Waals surface area contributed by atoms with Gasteiger partial charge in [-0.25, -0.2) is 9.78 Å². The molecule has 2 rings (SSSR count). The second kappa shape index (κ2) is 5.58. The van der Waals surface area contributed by atoms with E-state index in [4.69, 9.17) is 5.11 Å². The van der Waals surface area contributed by atoms with Gasteiger partial charge in [0, 0.05) is 18.8 Å². The predicted molar refractivity (Wildman–Crippen MR) is 74.6 cm³/mol. The fraction of sp³-hybridized carbons (Fsp3) is 0.143. The highest BCUT2D eigenvalue weighted by molar-refractivity contribution is 6.05. The third-order valence-electron chi connectivity index (χ3n) is 2.88. The van der Waals surface area contributed by atoms with Crippen LogP contribution >= 0.6 is 0 Å². The lowest BCUT2D eigenvalue weighted by atomic mass is 10.2. The molecule has 0 atom stereocenters. The molecule has 0 aliphatic heterocycles. The van der Waals surface area contributed by atoms with Gasteiger partial charge in [0.2, 0.25) is 0 Å². The average molecular weight is 287 g/mol. The first-order chi connectivity index (χ1) is 9.88. The molecule has 0 unspecified atom stereocenters. The molecule has 0 saturated heterocycles. The molecule has 7 heteroatoms. The van der Waals surface area contributed by atoms with E-state index in [2.05, 4.69) is 10.3 Å². The van der Waals surface area contributed by atoms with E-state index in [9.17, 15) is 14.4 Å². The molecule has 1 amide bonds. The molecular formula is C14H13N3O4. The molecule has 7 nitrogen and oxygen atoms in total. The number of hydrogen-bond donors (Lipinski definition) is 2. The van der Waals surface area contributed by atoms with E-state index in [-0.39, 0.29) is 11.5 Å². The van der Waals surface area contributed by atoms with Crippen molar-refractivity contribution in [2.45, 2.75) is 6.92 Å². The normalized spacial score (nSPS) is 10.2. The van der Waals surface area contributed by atoms with Gasteiger partial charge in [-0.15, -0.1) is 0 Å². The number of amides is 1. The van der Waals surface area contributed by atoms with Crippen LogP contribution in [0.15, 0.2) is 30.6 Å². The molecule has 0 aliphatic carbocycles. The number of aromatic nitrogens is 2. The molecular weight excluding hydrogens is 274 g/mol. The number of ketones is 1. The summed E-state index contributed by atoms with van der Waals surface area (Å²) in [6.45, 7) is 1.42. The lowest BCUT2D eigenvalue weighted by molar-refractivity contribution is 0.0690. The molecule has 0 aliphatic rings. The van der Waals surface area contributed by atoms with E-state index in [0.717, 1.165) is 0 Å². The lowest BCUT2D eigenvalue weighted by Gasteiger charge is -2.05. The number of carbonyl (C=O) groups excluding carboxylic acids is 2. The van der Waals surface area contributed by atoms with Crippen molar-refractivity contribution in [1.82, 2.24) is 9.55 Å². The van der Waals surface area contributed by atoms with Crippen molar-refractivity contribution in [3.63, 3.8) is 0 Å². The molecule has 2 aromatic heterocycles. The first-order valence-electron chi connectivity index (χ1n) is 6.06. The van der Waals surface area contributed by atoms with Gasteiger partial charge in [-0.2, -0.15) is 0 Å². The summed E-state index contributed by atoms with van der Waals surface area (Å²) in [7, 11) is 1.66. The number of carboxylic acid groups (broad SMARTS) is 1. The minimum Gasteiger partial charge on any atom is -0.477 e. The SMILES string of the molecule is CC(=O)c1cc(C(=O)Nc2ccc(C(=O)O)nc2)n(C)c1. The predicted octanol–water partition coefficient (Wildman–Crippen LogP) is 1.57. The molecule has 0 aromatic carbocycles. The van der Waals surface area contributed by atoms with Crippen LogP contribution in [0.5, 0.6) is 0 Å². The van der Waals surface area contributed by atoms with Crippen molar-refractivity contribution < 1.29 is 19.5 Å². The fourth-order valence-corrected chi connectivity index (χ4v) is 1.77. The highest BCUT2D eigenvalue weighted by atomic mass is 16.4. The molecule has 0 spiro atoms. The summed E-state index contributed by atoms with van der Waals surface area (Å²) < 4.78 is 1.55. The van der Waals surface area contributed by atoms with E-state index in [1.165, 1.54) is 31.3 Å². The number of hydrogen-bond acceptors (Lipinski definition) is 4. The number of aromatic carboxylic acids is 1. The van der Waals surface area contributed by atoms with Gasteiger partial charge in [-0.3, -0.25) is 9.59 Å². The Morgan fingerprint density at radius 2 is 2.00 bits per heavy atom. The number of nitrogens with one attached hydrogen (secondary N) is 1. The van der Waals surface area contributed by atoms with Crippen LogP contribution in [0, 0.1) is 0 Å². The monoisotopic (exact) mass is 287 g/mol. The van der Waals surface area contributed by atoms with E-state index < -0.39 is 11.9 Å². The second-order valence-corrected chi connectivity index (χ2v) is 4.47. The molecule has 2 N–H and O–H groups in total. The van der Waals surface area contributed by atoms with Gasteiger partial charge in [-0.1, -0.05) is 0 Å². The molecule has 21 heavy (non-hydrogen) atoms. The van der Waals surface area contributed by atoms with Crippen LogP contribution in [-0.4, -0.2) is 32.3 Å². The number of pyridine rings is 1. The third-order valence-corrected chi connectivity index (χ3v) is 2.88. The zero-order valence-corrected chi connectivity index (χ0v) is 11.5. The van der Waals surface area contributed by atoms with Crippen molar-refractivity contribution >= 4 is 23.3 Å². The van der Waals surface area contributed by atoms with Crippen molar-refractivity contribution in [3.8, 4) is 0 Å². The van der Waals surface area contributed by atoms with Crippen LogP contribution in [0.3, 0.4) is 0 Å². The fourth-order valence-electron chi connectivity index (χ4n) is 1.77. The third kappa shape index (κ3) is 3.14. The van der Waals surface area contributed by atoms with Gasteiger partial charge in [0.15, 0.2) is 5.78 Å². The molecule has 0 radical (unpaired) electrons. The molecule has 2 heterocycles. The quantitative estimate of drug-likeness (QED) is 0.831. The van der Waals surface area contributed by atoms with E-state index in [0.29, 0.717) is 16.9 Å². The summed E-state index contributed by atoms with van der Waals surface area (Å²) in [4.78, 5) is 37.8. The van der Waals surface area contributed by atoms with Gasteiger partial charge in [-0.05, 0) is 25.1 Å². The first-order valence-corrected chi connectivity index (χ1v) is 6.06. The Hall–Kier alpha value is -2.96. The maximum absolute atomic E-state index is 12.1. The van der Waals surface area contributed by atoms with Crippen LogP contribution in [0.1, 0.15) is 38.3 Å². The standard InChI is InChI=1S/C14H13N3O4/c1-8(18)9-5-12(17(2)7-9)13(19)16-10-3-4-11(14(20)21)15-6-10/h3-7H,1-2H3,(H,16,19)(H,20,21). The maximum atomic E-state index is 12.1. The number of anilines is 1. The Labute approximate surface area is 120 Å². The number of nitrogens with zero attached hydrogens (tertiary/aromatic N) is 2. The van der Waals surface area contributed by atoms with Crippen LogP contribution in [-0.2, 0) is 7.05 Å². The summed E-state index contributed by atoms with van der Waals surface area (Å²) >= 11 is 0. The minimum absolute atomic E-state index is 0.106. The molecule has 0 bridgehead atoms. The minimum atomic E-state index is -1.14. The summed E-state index contributed by atoms with van der Waals surface area (Å²) in [6.07, 6.45) is 2.83. The van der Waals surface area contributed by atoms with Gasteiger partial charge in [0.1, 0.15) is 11.4 Å². The van der Waals surface area contributed by atoms with E-state index in [1.54, 1.807) is 17.8 Å². The smallest absolute Gasteiger partial charge is 0.354 e. The summed E-state index contributed by atoms with van der Waals surface area (Å²) in [5.41, 5.74) is 1.03. The Balaban J connectivity index is 2.17. The van der Waals surface area contributed by atoms with Gasteiger partial charge in [0.05, 0.1) is 11.9 Å². The highest BCUT2D eigenvalue weighted by Crippen LogP contribution is 2.12. The highest BCUT2D eigenvalue weighted by Gasteiger charge is 2.14. The Kier molecular flexibility index (Phi) is 3.84. The average Bonchev–Trinajstić information content (AvgIpc) is 2.81. The van der Waals surface area contributed by atoms with Crippen LogP contribution in [0.2, 0.25) is 0 Å². The Morgan fingerprint density at radius 3 is 2.48 bits per heavy atom. The number of carbonyl (C=O) groups is 3. The zero-order chi connectivity index (χ0) is 15.6. The lowest BCUT2D eigenvalue weighted by Crippen LogP contribution is -2.15. The van der Waals surface area contributed by atoms with Gasteiger partial charge >= 0.3 is 5.97 Å². The van der Waals surface area contributed by atoms with Crippen molar-refractivity contribution in [3.05, 3.63) is 47.5 Å². The van der Waals surface area contributed by atoms with Crippen molar-refractivity contribution in [2.75, 3.05) is 5.32 Å². The van der Waals surface area contributed by atoms with Crippen molar-refractivity contribution in [1.29, 1.82) is 0 Å². The number of Topliss-reactive ketones (excluding diaryl/α,β-unsaturated/α-hetero) is 1. The number of carboxylic acids is 1. The van der Waals surface area contributed by atoms with E-state index >= 15 is 0 Å². The van der Waals surface area contributed by atoms with Gasteiger partial charge < -0.3 is 15.0 Å². The molecule has 108 valence electrons. The van der Waals surface area contributed by atoms with Crippen LogP contribution in [0.4, 0.5) is 5.69 Å². The number of aryl methyl sites for hydroxylation is 1. The maximum Gasteiger partial charge on any atom is 0.354 e. The Morgan fingerprint density at radius 1 is 1.29 bits per heavy atom. The largest absolute Gasteiger partial charge is 0.477 e. The Bertz CT molecular complexity index is 716. The summed E-state index contributed by atoms with van der Waals surface area (Å²) in [5.74, 6) is -1.67. The molecule has 0 saturated carbocycles. The summed E-state index contributed by atoms with van der Waals surface area (Å²) in [5, 5.41) is 11.3.